The number of imidazole rings is 1. The molecular formula is C12H9F2N5. The van der Waals surface area contributed by atoms with Crippen molar-refractivity contribution < 1.29 is 8.78 Å². The number of fused-ring (bicyclic) bond motifs is 1. The monoisotopic (exact) mass is 261 g/mol. The molecule has 3 rings (SSSR count). The number of rotatable bonds is 1. The molecule has 0 aliphatic heterocycles. The summed E-state index contributed by atoms with van der Waals surface area (Å²) in [5.74, 6) is -1.05. The van der Waals surface area contributed by atoms with Crippen molar-refractivity contribution in [1.29, 1.82) is 0 Å². The van der Waals surface area contributed by atoms with Crippen molar-refractivity contribution in [2.24, 2.45) is 7.05 Å². The summed E-state index contributed by atoms with van der Waals surface area (Å²) in [5, 5.41) is 0. The van der Waals surface area contributed by atoms with Gasteiger partial charge in [-0.15, -0.1) is 0 Å². The topological polar surface area (TPSA) is 69.6 Å². The Kier molecular flexibility index (Phi) is 2.41. The second kappa shape index (κ2) is 3.98. The molecule has 7 heteroatoms. The molecule has 0 bridgehead atoms. The fourth-order valence-corrected chi connectivity index (χ4v) is 1.84. The molecule has 0 atom stereocenters. The number of aryl methyl sites for hydroxylation is 1. The van der Waals surface area contributed by atoms with Crippen LogP contribution >= 0.6 is 0 Å². The highest BCUT2D eigenvalue weighted by Gasteiger charge is 2.12. The van der Waals surface area contributed by atoms with E-state index in [4.69, 9.17) is 5.73 Å². The standard InChI is InChI=1S/C12H9F2N5/c1-19-5-16-9-10(15)17-11(18-12(9)19)6-2-7(13)4-8(14)3-6/h2-5H,1H3,(H2,15,17,18). The minimum Gasteiger partial charge on any atom is -0.382 e. The van der Waals surface area contributed by atoms with Gasteiger partial charge in [0.25, 0.3) is 0 Å². The van der Waals surface area contributed by atoms with Crippen LogP contribution in [0.3, 0.4) is 0 Å². The van der Waals surface area contributed by atoms with Crippen LogP contribution in [0.15, 0.2) is 24.5 Å². The fraction of sp³-hybridized carbons (Fsp3) is 0.0833. The molecule has 0 fully saturated rings. The highest BCUT2D eigenvalue weighted by atomic mass is 19.1. The van der Waals surface area contributed by atoms with Crippen LogP contribution in [0.25, 0.3) is 22.6 Å². The van der Waals surface area contributed by atoms with E-state index < -0.39 is 11.6 Å². The Labute approximate surface area is 106 Å². The minimum atomic E-state index is -0.692. The lowest BCUT2D eigenvalue weighted by Gasteiger charge is -2.03. The van der Waals surface area contributed by atoms with Crippen LogP contribution in [0.4, 0.5) is 14.6 Å². The predicted molar refractivity (Wildman–Crippen MR) is 66.1 cm³/mol. The van der Waals surface area contributed by atoms with Crippen LogP contribution in [-0.4, -0.2) is 19.5 Å². The van der Waals surface area contributed by atoms with Gasteiger partial charge in [-0.2, -0.15) is 0 Å². The van der Waals surface area contributed by atoms with Crippen molar-refractivity contribution in [2.75, 3.05) is 5.73 Å². The van der Waals surface area contributed by atoms with Gasteiger partial charge in [-0.1, -0.05) is 0 Å². The Balaban J connectivity index is 2.27. The number of benzene rings is 1. The first-order valence-electron chi connectivity index (χ1n) is 5.45. The molecule has 0 aliphatic carbocycles. The van der Waals surface area contributed by atoms with Gasteiger partial charge >= 0.3 is 0 Å². The van der Waals surface area contributed by atoms with Crippen molar-refractivity contribution in [3.8, 4) is 11.4 Å². The quantitative estimate of drug-likeness (QED) is 0.726. The van der Waals surface area contributed by atoms with E-state index in [1.807, 2.05) is 0 Å². The van der Waals surface area contributed by atoms with Crippen molar-refractivity contribution in [2.45, 2.75) is 0 Å². The van der Waals surface area contributed by atoms with Gasteiger partial charge in [0.05, 0.1) is 6.33 Å². The number of nitrogen functional groups attached to an aromatic ring is 1. The zero-order valence-corrected chi connectivity index (χ0v) is 9.93. The first-order chi connectivity index (χ1) is 9.04. The predicted octanol–water partition coefficient (Wildman–Crippen LogP) is 1.89. The highest BCUT2D eigenvalue weighted by molar-refractivity contribution is 5.83. The van der Waals surface area contributed by atoms with E-state index in [1.165, 1.54) is 0 Å². The maximum absolute atomic E-state index is 13.2. The molecule has 96 valence electrons. The third kappa shape index (κ3) is 1.88. The molecule has 19 heavy (non-hydrogen) atoms. The molecule has 0 saturated carbocycles. The third-order valence-electron chi connectivity index (χ3n) is 2.71. The van der Waals surface area contributed by atoms with Crippen LogP contribution in [0.2, 0.25) is 0 Å². The summed E-state index contributed by atoms with van der Waals surface area (Å²) >= 11 is 0. The molecule has 0 aliphatic rings. The van der Waals surface area contributed by atoms with Crippen LogP contribution in [0, 0.1) is 11.6 Å². The van der Waals surface area contributed by atoms with E-state index in [0.717, 1.165) is 18.2 Å². The Hall–Kier alpha value is -2.57. The molecule has 2 aromatic heterocycles. The number of hydrogen-bond donors (Lipinski definition) is 1. The summed E-state index contributed by atoms with van der Waals surface area (Å²) in [6.07, 6.45) is 1.55. The Bertz CT molecular complexity index is 761. The third-order valence-corrected chi connectivity index (χ3v) is 2.71. The number of nitrogens with zero attached hydrogens (tertiary/aromatic N) is 4. The lowest BCUT2D eigenvalue weighted by molar-refractivity contribution is 0.584. The summed E-state index contributed by atoms with van der Waals surface area (Å²) in [6, 6.07) is 3.09. The average Bonchev–Trinajstić information content (AvgIpc) is 2.70. The molecule has 5 nitrogen and oxygen atoms in total. The zero-order chi connectivity index (χ0) is 13.6. The smallest absolute Gasteiger partial charge is 0.165 e. The Morgan fingerprint density at radius 1 is 1.11 bits per heavy atom. The highest BCUT2D eigenvalue weighted by Crippen LogP contribution is 2.23. The van der Waals surface area contributed by atoms with E-state index in [2.05, 4.69) is 15.0 Å². The maximum Gasteiger partial charge on any atom is 0.165 e. The van der Waals surface area contributed by atoms with E-state index in [0.29, 0.717) is 11.2 Å². The van der Waals surface area contributed by atoms with Gasteiger partial charge in [-0.25, -0.2) is 23.7 Å². The summed E-state index contributed by atoms with van der Waals surface area (Å²) in [7, 11) is 1.75. The van der Waals surface area contributed by atoms with Crippen LogP contribution < -0.4 is 5.73 Å². The largest absolute Gasteiger partial charge is 0.382 e. The molecule has 0 spiro atoms. The zero-order valence-electron chi connectivity index (χ0n) is 9.93. The summed E-state index contributed by atoms with van der Waals surface area (Å²) < 4.78 is 28.1. The number of halogens is 2. The summed E-state index contributed by atoms with van der Waals surface area (Å²) in [6.45, 7) is 0. The first-order valence-corrected chi connectivity index (χ1v) is 5.45. The lowest BCUT2D eigenvalue weighted by Crippen LogP contribution is -2.00. The summed E-state index contributed by atoms with van der Waals surface area (Å²) in [4.78, 5) is 12.3. The van der Waals surface area contributed by atoms with Crippen molar-refractivity contribution in [3.05, 3.63) is 36.2 Å². The van der Waals surface area contributed by atoms with Crippen LogP contribution in [0.5, 0.6) is 0 Å². The fourth-order valence-electron chi connectivity index (χ4n) is 1.84. The van der Waals surface area contributed by atoms with Gasteiger partial charge in [0, 0.05) is 18.7 Å². The molecule has 0 saturated heterocycles. The maximum atomic E-state index is 13.2. The van der Waals surface area contributed by atoms with Gasteiger partial charge in [0.15, 0.2) is 17.3 Å². The number of aromatic nitrogens is 4. The number of anilines is 1. The Morgan fingerprint density at radius 3 is 2.47 bits per heavy atom. The van der Waals surface area contributed by atoms with Gasteiger partial charge < -0.3 is 10.3 Å². The lowest BCUT2D eigenvalue weighted by atomic mass is 10.2. The molecule has 1 aromatic carbocycles. The normalized spacial score (nSPS) is 11.1. The van der Waals surface area contributed by atoms with Gasteiger partial charge in [-0.3, -0.25) is 0 Å². The Morgan fingerprint density at radius 2 is 1.79 bits per heavy atom. The van der Waals surface area contributed by atoms with E-state index in [-0.39, 0.29) is 17.2 Å². The molecule has 0 unspecified atom stereocenters. The van der Waals surface area contributed by atoms with E-state index >= 15 is 0 Å². The molecule has 2 heterocycles. The molecular weight excluding hydrogens is 252 g/mol. The van der Waals surface area contributed by atoms with Gasteiger partial charge in [0.1, 0.15) is 17.2 Å². The van der Waals surface area contributed by atoms with E-state index in [1.54, 1.807) is 17.9 Å². The first kappa shape index (κ1) is 11.5. The number of hydrogen-bond acceptors (Lipinski definition) is 4. The van der Waals surface area contributed by atoms with E-state index in [9.17, 15) is 8.78 Å². The molecule has 0 amide bonds. The van der Waals surface area contributed by atoms with Crippen molar-refractivity contribution in [3.63, 3.8) is 0 Å². The number of nitrogens with two attached hydrogens (primary N) is 1. The molecule has 0 radical (unpaired) electrons. The summed E-state index contributed by atoms with van der Waals surface area (Å²) in [5.41, 5.74) is 6.97. The van der Waals surface area contributed by atoms with Gasteiger partial charge in [-0.05, 0) is 12.1 Å². The second-order valence-corrected chi connectivity index (χ2v) is 4.12. The average molecular weight is 261 g/mol. The van der Waals surface area contributed by atoms with Crippen LogP contribution in [0.1, 0.15) is 0 Å². The van der Waals surface area contributed by atoms with Crippen molar-refractivity contribution in [1.82, 2.24) is 19.5 Å². The van der Waals surface area contributed by atoms with Gasteiger partial charge in [0.2, 0.25) is 0 Å². The molecule has 2 N–H and O–H groups in total. The second-order valence-electron chi connectivity index (χ2n) is 4.12. The minimum absolute atomic E-state index is 0.159. The van der Waals surface area contributed by atoms with Crippen LogP contribution in [-0.2, 0) is 7.05 Å². The molecule has 3 aromatic rings. The van der Waals surface area contributed by atoms with Crippen molar-refractivity contribution >= 4 is 17.0 Å². The SMILES string of the molecule is Cn1cnc2c(N)nc(-c3cc(F)cc(F)c3)nc21.